The molecule has 2 heterocycles. The summed E-state index contributed by atoms with van der Waals surface area (Å²) in [6.07, 6.45) is -11.2. The van der Waals surface area contributed by atoms with Crippen LogP contribution in [0, 0.1) is 0 Å². The van der Waals surface area contributed by atoms with Crippen LogP contribution in [0.2, 0.25) is 0 Å². The number of alkyl halides is 1. The molecule has 10 rings (SSSR count). The van der Waals surface area contributed by atoms with E-state index in [1.54, 1.807) is 0 Å². The van der Waals surface area contributed by atoms with Gasteiger partial charge in [-0.15, -0.1) is 0 Å². The summed E-state index contributed by atoms with van der Waals surface area (Å²) in [4.78, 5) is 0. The maximum Gasteiger partial charge on any atom is 0.191 e. The predicted octanol–water partition coefficient (Wildman–Crippen LogP) is 12.4. The minimum Gasteiger partial charge on any atom is -0.385 e. The molecule has 12 atom stereocenters. The molecule has 0 amide bonds. The van der Waals surface area contributed by atoms with E-state index < -0.39 is 73.7 Å². The lowest BCUT2D eigenvalue weighted by atomic mass is 9.99. The van der Waals surface area contributed by atoms with Crippen LogP contribution >= 0.6 is 0 Å². The number of benzene rings is 8. The van der Waals surface area contributed by atoms with Crippen molar-refractivity contribution in [3.63, 3.8) is 0 Å². The quantitative estimate of drug-likeness (QED) is 0.0500. The molecular weight excluding hydrogens is 1090 g/mol. The molecule has 8 aromatic rings. The molecule has 8 aromatic carbocycles. The second-order valence-electron chi connectivity index (χ2n) is 21.1. The van der Waals surface area contributed by atoms with Crippen molar-refractivity contribution in [3.05, 3.63) is 287 Å². The molecule has 0 unspecified atom stereocenters. The summed E-state index contributed by atoms with van der Waals surface area (Å²) in [6.45, 7) is 2.67. The Balaban J connectivity index is 0.000000205. The van der Waals surface area contributed by atoms with Crippen LogP contribution in [-0.2, 0) is 110 Å². The zero-order valence-corrected chi connectivity index (χ0v) is 48.8. The van der Waals surface area contributed by atoms with Crippen molar-refractivity contribution in [2.75, 3.05) is 27.4 Å². The number of hydrogen-bond donors (Lipinski definition) is 1. The normalized spacial score (nSPS) is 24.0. The van der Waals surface area contributed by atoms with Crippen LogP contribution in [0.1, 0.15) is 44.5 Å². The van der Waals surface area contributed by atoms with E-state index in [9.17, 15) is 5.11 Å². The number of aliphatic hydroxyl groups is 1. The van der Waals surface area contributed by atoms with Gasteiger partial charge >= 0.3 is 0 Å². The summed E-state index contributed by atoms with van der Waals surface area (Å²) >= 11 is 0. The Morgan fingerprint density at radius 3 is 0.826 bits per heavy atom. The second kappa shape index (κ2) is 35.1. The molecule has 0 aromatic heterocycles. The highest BCUT2D eigenvalue weighted by molar-refractivity contribution is 5.20. The van der Waals surface area contributed by atoms with Gasteiger partial charge in [0.05, 0.1) is 66.1 Å². The van der Waals surface area contributed by atoms with Gasteiger partial charge in [0.25, 0.3) is 0 Å². The van der Waals surface area contributed by atoms with E-state index in [0.717, 1.165) is 44.5 Å². The van der Waals surface area contributed by atoms with Crippen molar-refractivity contribution in [1.82, 2.24) is 0 Å². The zero-order valence-electron chi connectivity index (χ0n) is 48.8. The molecule has 0 saturated carbocycles. The summed E-state index contributed by atoms with van der Waals surface area (Å²) in [5.74, 6) is 0. The molecule has 2 aliphatic heterocycles. The van der Waals surface area contributed by atoms with Crippen molar-refractivity contribution in [2.45, 2.75) is 127 Å². The van der Waals surface area contributed by atoms with E-state index in [4.69, 9.17) is 56.8 Å². The highest BCUT2D eigenvalue weighted by Crippen LogP contribution is 2.34. The molecule has 2 saturated heterocycles. The fraction of sp³-hybridized carbons (Fsp3) is 0.333. The number of methoxy groups -OCH3 is 2. The second-order valence-corrected chi connectivity index (χ2v) is 21.1. The molecule has 0 aliphatic carbocycles. The highest BCUT2D eigenvalue weighted by Gasteiger charge is 2.51. The van der Waals surface area contributed by atoms with Gasteiger partial charge in [-0.25, -0.2) is 4.39 Å². The molecule has 0 bridgehead atoms. The predicted molar refractivity (Wildman–Crippen MR) is 325 cm³/mol. The molecule has 1 N–H and O–H groups in total. The Hall–Kier alpha value is -6.83. The van der Waals surface area contributed by atoms with Gasteiger partial charge in [-0.1, -0.05) is 243 Å². The topological polar surface area (TPSA) is 131 Å². The SMILES string of the molecule is CO[C@@H]1O[C@H](COCc2ccccc2)[C@@H](OCc2ccccc2)[C@H](OCc2ccccc2)[C@@H](OCc2ccccc2)[C@@H]1F.CO[C@@H]1O[C@H](COCc2ccccc2)[C@@H](OCc2ccccc2)[C@H](OCc2ccccc2)[C@@H](OCc2ccccc2)[C@H]1O. The minimum absolute atomic E-state index is 0.136. The smallest absolute Gasteiger partial charge is 0.191 e. The molecule has 2 fully saturated rings. The molecular formula is C72H79FO13. The Kier molecular flexibility index (Phi) is 26.0. The lowest BCUT2D eigenvalue weighted by Crippen LogP contribution is -2.51. The van der Waals surface area contributed by atoms with Crippen LogP contribution < -0.4 is 0 Å². The van der Waals surface area contributed by atoms with Gasteiger partial charge in [0, 0.05) is 14.2 Å². The molecule has 2 aliphatic rings. The lowest BCUT2D eigenvalue weighted by Gasteiger charge is -2.35. The molecule has 13 nitrogen and oxygen atoms in total. The summed E-state index contributed by atoms with van der Waals surface area (Å²) < 4.78 is 91.6. The number of hydrogen-bond acceptors (Lipinski definition) is 13. The van der Waals surface area contributed by atoms with Gasteiger partial charge in [0.1, 0.15) is 54.9 Å². The van der Waals surface area contributed by atoms with Crippen molar-refractivity contribution in [2.24, 2.45) is 0 Å². The third-order valence-electron chi connectivity index (χ3n) is 14.8. The van der Waals surface area contributed by atoms with E-state index in [1.165, 1.54) is 14.2 Å². The molecule has 452 valence electrons. The van der Waals surface area contributed by atoms with Crippen LogP contribution in [0.5, 0.6) is 0 Å². The minimum atomic E-state index is -1.66. The zero-order chi connectivity index (χ0) is 59.4. The van der Waals surface area contributed by atoms with Crippen LogP contribution in [0.25, 0.3) is 0 Å². The van der Waals surface area contributed by atoms with Crippen molar-refractivity contribution in [1.29, 1.82) is 0 Å². The molecule has 0 radical (unpaired) electrons. The first-order chi connectivity index (χ1) is 42.4. The summed E-state index contributed by atoms with van der Waals surface area (Å²) in [7, 11) is 2.94. The van der Waals surface area contributed by atoms with Crippen LogP contribution in [0.3, 0.4) is 0 Å². The van der Waals surface area contributed by atoms with E-state index in [-0.39, 0.29) is 39.6 Å². The fourth-order valence-corrected chi connectivity index (χ4v) is 10.3. The lowest BCUT2D eigenvalue weighted by molar-refractivity contribution is -0.231. The van der Waals surface area contributed by atoms with E-state index >= 15 is 4.39 Å². The van der Waals surface area contributed by atoms with Gasteiger partial charge in [-0.05, 0) is 44.5 Å². The van der Waals surface area contributed by atoms with Crippen LogP contribution in [-0.4, -0.2) is 106 Å². The van der Waals surface area contributed by atoms with Gasteiger partial charge in [0.15, 0.2) is 18.8 Å². The average Bonchev–Trinajstić information content (AvgIpc) is 3.25. The first-order valence-electron chi connectivity index (χ1n) is 29.3. The number of aliphatic hydroxyl groups excluding tert-OH is 1. The number of halogens is 1. The van der Waals surface area contributed by atoms with E-state index in [2.05, 4.69) is 0 Å². The monoisotopic (exact) mass is 1170 g/mol. The number of ether oxygens (including phenoxy) is 12. The first-order valence-corrected chi connectivity index (χ1v) is 29.3. The standard InChI is InChI=1S/C36H39FO6.C36H40O7/c2*1-38-36-32(37)34(41-24-29-18-10-4-11-19-29)35(42-25-30-20-12-5-13-21-30)33(40-23-28-16-8-3-9-17-28)31(43-36)26-39-22-27-14-6-2-7-15-27/h2-21,31-36H,22-26H2,1H3;2-21,31-37H,22-26H2,1H3/t31-,32+,33-,34+,35+,36-;31-,32-,33-,34+,35+,36-/m11/s1. The van der Waals surface area contributed by atoms with E-state index in [1.807, 2.05) is 243 Å². The van der Waals surface area contributed by atoms with Gasteiger partial charge < -0.3 is 61.9 Å². The summed E-state index contributed by atoms with van der Waals surface area (Å²) in [6, 6.07) is 78.8. The first kappa shape index (κ1) is 63.7. The molecule has 0 spiro atoms. The van der Waals surface area contributed by atoms with Gasteiger partial charge in [-0.3, -0.25) is 0 Å². The Bertz CT molecular complexity index is 2830. The summed E-state index contributed by atoms with van der Waals surface area (Å²) in [5.41, 5.74) is 7.87. The van der Waals surface area contributed by atoms with Crippen LogP contribution in [0.4, 0.5) is 4.39 Å². The third kappa shape index (κ3) is 19.6. The maximum atomic E-state index is 16.4. The number of rotatable bonds is 28. The Morgan fingerprint density at radius 2 is 0.535 bits per heavy atom. The highest BCUT2D eigenvalue weighted by atomic mass is 19.1. The van der Waals surface area contributed by atoms with Gasteiger partial charge in [0.2, 0.25) is 0 Å². The maximum absolute atomic E-state index is 16.4. The van der Waals surface area contributed by atoms with Crippen molar-refractivity contribution < 1.29 is 66.3 Å². The molecule has 86 heavy (non-hydrogen) atoms. The largest absolute Gasteiger partial charge is 0.385 e. The average molecular weight is 1170 g/mol. The van der Waals surface area contributed by atoms with E-state index in [0.29, 0.717) is 26.4 Å². The Labute approximate surface area is 505 Å². The fourth-order valence-electron chi connectivity index (χ4n) is 10.3. The van der Waals surface area contributed by atoms with Crippen LogP contribution in [0.15, 0.2) is 243 Å². The van der Waals surface area contributed by atoms with Gasteiger partial charge in [-0.2, -0.15) is 0 Å². The molecule has 14 heteroatoms. The van der Waals surface area contributed by atoms with Crippen molar-refractivity contribution >= 4 is 0 Å². The third-order valence-corrected chi connectivity index (χ3v) is 14.8. The van der Waals surface area contributed by atoms with Crippen molar-refractivity contribution in [3.8, 4) is 0 Å². The summed E-state index contributed by atoms with van der Waals surface area (Å²) in [5, 5.41) is 11.6. The Morgan fingerprint density at radius 1 is 0.302 bits per heavy atom.